The lowest BCUT2D eigenvalue weighted by Crippen LogP contribution is -2.42. The maximum Gasteiger partial charge on any atom is 0.191 e. The number of halogens is 1. The van der Waals surface area contributed by atoms with Gasteiger partial charge in [-0.05, 0) is 56.7 Å². The van der Waals surface area contributed by atoms with E-state index in [0.29, 0.717) is 12.6 Å². The number of methoxy groups -OCH3 is 1. The first-order valence-electron chi connectivity index (χ1n) is 10.7. The molecule has 0 atom stereocenters. The first-order valence-corrected chi connectivity index (χ1v) is 10.7. The number of hydrogen-bond acceptors (Lipinski definition) is 4. The second-order valence-corrected chi connectivity index (χ2v) is 7.74. The van der Waals surface area contributed by atoms with Crippen molar-refractivity contribution in [1.82, 2.24) is 25.4 Å². The van der Waals surface area contributed by atoms with E-state index >= 15 is 0 Å². The molecule has 1 saturated carbocycles. The van der Waals surface area contributed by atoms with E-state index in [1.807, 2.05) is 30.7 Å². The molecule has 0 amide bonds. The number of nitrogens with one attached hydrogen (secondary N) is 2. The van der Waals surface area contributed by atoms with Crippen LogP contribution in [0.4, 0.5) is 0 Å². The highest BCUT2D eigenvalue weighted by Gasteiger charge is 2.16. The molecule has 0 unspecified atom stereocenters. The Morgan fingerprint density at radius 1 is 1.17 bits per heavy atom. The molecule has 8 heteroatoms. The number of hydrogen-bond donors (Lipinski definition) is 2. The Kier molecular flexibility index (Phi) is 10.4. The fourth-order valence-electron chi connectivity index (χ4n) is 3.61. The van der Waals surface area contributed by atoms with Gasteiger partial charge in [-0.2, -0.15) is 0 Å². The molecule has 0 spiro atoms. The average molecular weight is 526 g/mol. The molecule has 0 bridgehead atoms. The maximum absolute atomic E-state index is 5.22. The number of aromatic nitrogens is 3. The normalized spacial score (nSPS) is 14.4. The summed E-state index contributed by atoms with van der Waals surface area (Å²) < 4.78 is 7.21. The average Bonchev–Trinajstić information content (AvgIpc) is 3.36. The van der Waals surface area contributed by atoms with E-state index in [0.717, 1.165) is 49.2 Å². The number of unbranched alkanes of at least 4 members (excludes halogenated alkanes) is 1. The van der Waals surface area contributed by atoms with Crippen LogP contribution in [0.3, 0.4) is 0 Å². The summed E-state index contributed by atoms with van der Waals surface area (Å²) in [6, 6.07) is 8.87. The van der Waals surface area contributed by atoms with Crippen molar-refractivity contribution in [3.63, 3.8) is 0 Å². The molecule has 166 valence electrons. The second-order valence-electron chi connectivity index (χ2n) is 7.74. The predicted molar refractivity (Wildman–Crippen MR) is 132 cm³/mol. The van der Waals surface area contributed by atoms with Crippen LogP contribution >= 0.6 is 24.0 Å². The Balaban J connectivity index is 0.00000320. The largest absolute Gasteiger partial charge is 0.497 e. The molecule has 1 aliphatic carbocycles. The van der Waals surface area contributed by atoms with Gasteiger partial charge in [0.15, 0.2) is 11.8 Å². The quantitative estimate of drug-likeness (QED) is 0.225. The minimum atomic E-state index is 0. The van der Waals surface area contributed by atoms with Crippen molar-refractivity contribution in [2.45, 2.75) is 64.5 Å². The highest BCUT2D eigenvalue weighted by molar-refractivity contribution is 14.0. The Labute approximate surface area is 197 Å². The van der Waals surface area contributed by atoms with E-state index < -0.39 is 0 Å². The van der Waals surface area contributed by atoms with Crippen LogP contribution in [0.15, 0.2) is 29.3 Å². The van der Waals surface area contributed by atoms with Gasteiger partial charge in [0.25, 0.3) is 0 Å². The fraction of sp³-hybridized carbons (Fsp3) is 0.591. The van der Waals surface area contributed by atoms with Crippen molar-refractivity contribution in [3.05, 3.63) is 41.5 Å². The molecule has 1 aliphatic rings. The highest BCUT2D eigenvalue weighted by Crippen LogP contribution is 2.17. The van der Waals surface area contributed by atoms with Crippen LogP contribution in [-0.4, -0.2) is 40.4 Å². The molecule has 7 nitrogen and oxygen atoms in total. The summed E-state index contributed by atoms with van der Waals surface area (Å²) in [4.78, 5) is 4.76. The third-order valence-corrected chi connectivity index (χ3v) is 5.60. The zero-order chi connectivity index (χ0) is 20.5. The van der Waals surface area contributed by atoms with Gasteiger partial charge in [-0.1, -0.05) is 25.0 Å². The van der Waals surface area contributed by atoms with E-state index in [9.17, 15) is 0 Å². The van der Waals surface area contributed by atoms with Crippen molar-refractivity contribution in [3.8, 4) is 5.75 Å². The molecular weight excluding hydrogens is 491 g/mol. The molecule has 1 aromatic heterocycles. The van der Waals surface area contributed by atoms with Gasteiger partial charge in [0.05, 0.1) is 7.11 Å². The minimum absolute atomic E-state index is 0. The number of aryl methyl sites for hydroxylation is 2. The van der Waals surface area contributed by atoms with Crippen LogP contribution in [0.25, 0.3) is 0 Å². The molecular formula is C22H35IN6O. The Morgan fingerprint density at radius 3 is 2.53 bits per heavy atom. The highest BCUT2D eigenvalue weighted by atomic mass is 127. The number of nitrogens with zero attached hydrogens (tertiary/aromatic N) is 4. The topological polar surface area (TPSA) is 76.4 Å². The number of ether oxygens (including phenoxy) is 1. The Morgan fingerprint density at radius 2 is 1.90 bits per heavy atom. The number of guanidine groups is 1. The SMILES string of the molecule is COc1ccc(CCCCNC(=NCc2nnc(C)n2C)NC2CCCC2)cc1.I. The smallest absolute Gasteiger partial charge is 0.191 e. The van der Waals surface area contributed by atoms with E-state index in [2.05, 4.69) is 33.0 Å². The van der Waals surface area contributed by atoms with Gasteiger partial charge >= 0.3 is 0 Å². The summed E-state index contributed by atoms with van der Waals surface area (Å²) in [7, 11) is 3.68. The van der Waals surface area contributed by atoms with Crippen LogP contribution in [0.5, 0.6) is 5.75 Å². The Bertz CT molecular complexity index is 783. The Hall–Kier alpha value is -1.84. The van der Waals surface area contributed by atoms with Gasteiger partial charge in [0, 0.05) is 19.6 Å². The van der Waals surface area contributed by atoms with Crippen molar-refractivity contribution in [1.29, 1.82) is 0 Å². The molecule has 0 radical (unpaired) electrons. The van der Waals surface area contributed by atoms with E-state index in [-0.39, 0.29) is 24.0 Å². The zero-order valence-corrected chi connectivity index (χ0v) is 20.7. The van der Waals surface area contributed by atoms with Crippen molar-refractivity contribution < 1.29 is 4.74 Å². The summed E-state index contributed by atoms with van der Waals surface area (Å²) in [6.45, 7) is 3.40. The van der Waals surface area contributed by atoms with Crippen LogP contribution < -0.4 is 15.4 Å². The molecule has 30 heavy (non-hydrogen) atoms. The number of aliphatic imine (C=N–C) groups is 1. The molecule has 1 heterocycles. The van der Waals surface area contributed by atoms with Gasteiger partial charge in [-0.15, -0.1) is 34.2 Å². The van der Waals surface area contributed by atoms with Gasteiger partial charge < -0.3 is 19.9 Å². The minimum Gasteiger partial charge on any atom is -0.497 e. The lowest BCUT2D eigenvalue weighted by atomic mass is 10.1. The van der Waals surface area contributed by atoms with Crippen LogP contribution in [0.2, 0.25) is 0 Å². The molecule has 2 aromatic rings. The molecule has 0 aliphatic heterocycles. The van der Waals surface area contributed by atoms with Gasteiger partial charge in [0.1, 0.15) is 18.1 Å². The molecule has 1 aromatic carbocycles. The maximum atomic E-state index is 5.22. The summed E-state index contributed by atoms with van der Waals surface area (Å²) in [6.07, 6.45) is 8.36. The summed E-state index contributed by atoms with van der Waals surface area (Å²) in [5.74, 6) is 3.59. The molecule has 2 N–H and O–H groups in total. The molecule has 3 rings (SSSR count). The summed E-state index contributed by atoms with van der Waals surface area (Å²) >= 11 is 0. The summed E-state index contributed by atoms with van der Waals surface area (Å²) in [5, 5.41) is 15.4. The third kappa shape index (κ3) is 7.45. The first-order chi connectivity index (χ1) is 14.2. The lowest BCUT2D eigenvalue weighted by Gasteiger charge is -2.17. The number of benzene rings is 1. The fourth-order valence-corrected chi connectivity index (χ4v) is 3.61. The van der Waals surface area contributed by atoms with Crippen molar-refractivity contribution in [2.24, 2.45) is 12.0 Å². The van der Waals surface area contributed by atoms with Crippen molar-refractivity contribution >= 4 is 29.9 Å². The van der Waals surface area contributed by atoms with Crippen LogP contribution in [-0.2, 0) is 20.0 Å². The van der Waals surface area contributed by atoms with Crippen LogP contribution in [0.1, 0.15) is 55.7 Å². The number of rotatable bonds is 9. The molecule has 0 saturated heterocycles. The van der Waals surface area contributed by atoms with Gasteiger partial charge in [-0.25, -0.2) is 4.99 Å². The van der Waals surface area contributed by atoms with Gasteiger partial charge in [0.2, 0.25) is 0 Å². The standard InChI is InChI=1S/C22H34N6O.HI/c1-17-26-27-21(28(17)2)16-24-22(25-19-9-4-5-10-19)23-15-7-6-8-18-11-13-20(29-3)14-12-18;/h11-14,19H,4-10,15-16H2,1-3H3,(H2,23,24,25);1H. The third-order valence-electron chi connectivity index (χ3n) is 5.60. The zero-order valence-electron chi connectivity index (χ0n) is 18.4. The summed E-state index contributed by atoms with van der Waals surface area (Å²) in [5.41, 5.74) is 1.35. The predicted octanol–water partition coefficient (Wildman–Crippen LogP) is 3.75. The van der Waals surface area contributed by atoms with Crippen molar-refractivity contribution in [2.75, 3.05) is 13.7 Å². The lowest BCUT2D eigenvalue weighted by molar-refractivity contribution is 0.414. The second kappa shape index (κ2) is 12.8. The van der Waals surface area contributed by atoms with Crippen LogP contribution in [0, 0.1) is 6.92 Å². The van der Waals surface area contributed by atoms with E-state index in [1.54, 1.807) is 7.11 Å². The molecule has 1 fully saturated rings. The van der Waals surface area contributed by atoms with E-state index in [4.69, 9.17) is 9.73 Å². The van der Waals surface area contributed by atoms with Gasteiger partial charge in [-0.3, -0.25) is 0 Å². The monoisotopic (exact) mass is 526 g/mol. The first kappa shape index (κ1) is 24.4. The van der Waals surface area contributed by atoms with E-state index in [1.165, 1.54) is 31.2 Å².